The lowest BCUT2D eigenvalue weighted by Crippen LogP contribution is -2.40. The standard InChI is InChI=1S/C15H23NO4S/c1-4-16-11(2)12(3)21(17,18)13-6-7-14-15(10-13)20-9-5-8-19-14/h6-7,10-12,16H,4-5,8-9H2,1-3H3. The average molecular weight is 313 g/mol. The Morgan fingerprint density at radius 2 is 1.86 bits per heavy atom. The Hall–Kier alpha value is -1.27. The van der Waals surface area contributed by atoms with Gasteiger partial charge in [-0.1, -0.05) is 6.92 Å². The van der Waals surface area contributed by atoms with Crippen molar-refractivity contribution in [3.63, 3.8) is 0 Å². The molecule has 0 saturated carbocycles. The topological polar surface area (TPSA) is 64.6 Å². The van der Waals surface area contributed by atoms with Crippen molar-refractivity contribution in [1.29, 1.82) is 0 Å². The molecule has 0 fully saturated rings. The van der Waals surface area contributed by atoms with Crippen molar-refractivity contribution in [3.8, 4) is 11.5 Å². The normalized spacial score (nSPS) is 17.9. The third kappa shape index (κ3) is 3.49. The molecular formula is C15H23NO4S. The van der Waals surface area contributed by atoms with Crippen molar-refractivity contribution in [2.45, 2.75) is 43.4 Å². The van der Waals surface area contributed by atoms with Crippen molar-refractivity contribution in [2.24, 2.45) is 0 Å². The Bertz CT molecular complexity index is 585. The number of nitrogens with one attached hydrogen (secondary N) is 1. The molecular weight excluding hydrogens is 290 g/mol. The number of sulfone groups is 1. The van der Waals surface area contributed by atoms with Crippen LogP contribution in [0.4, 0.5) is 0 Å². The van der Waals surface area contributed by atoms with Crippen molar-refractivity contribution in [2.75, 3.05) is 19.8 Å². The Morgan fingerprint density at radius 3 is 2.52 bits per heavy atom. The fourth-order valence-electron chi connectivity index (χ4n) is 2.29. The van der Waals surface area contributed by atoms with Gasteiger partial charge in [-0.25, -0.2) is 8.42 Å². The highest BCUT2D eigenvalue weighted by Crippen LogP contribution is 2.33. The van der Waals surface area contributed by atoms with Gasteiger partial charge in [0.15, 0.2) is 21.3 Å². The Kier molecular flexibility index (Phi) is 5.11. The largest absolute Gasteiger partial charge is 0.490 e. The second-order valence-corrected chi connectivity index (χ2v) is 7.56. The zero-order valence-electron chi connectivity index (χ0n) is 12.8. The summed E-state index contributed by atoms with van der Waals surface area (Å²) < 4.78 is 36.5. The molecule has 21 heavy (non-hydrogen) atoms. The maximum atomic E-state index is 12.7. The van der Waals surface area contributed by atoms with E-state index in [4.69, 9.17) is 9.47 Å². The van der Waals surface area contributed by atoms with Gasteiger partial charge in [0.25, 0.3) is 0 Å². The number of fused-ring (bicyclic) bond motifs is 1. The van der Waals surface area contributed by atoms with Crippen LogP contribution in [0.25, 0.3) is 0 Å². The molecule has 2 rings (SSSR count). The van der Waals surface area contributed by atoms with Gasteiger partial charge in [0, 0.05) is 18.5 Å². The van der Waals surface area contributed by atoms with Gasteiger partial charge >= 0.3 is 0 Å². The lowest BCUT2D eigenvalue weighted by atomic mass is 10.2. The fourth-order valence-corrected chi connectivity index (χ4v) is 3.88. The summed E-state index contributed by atoms with van der Waals surface area (Å²) in [4.78, 5) is 0.281. The summed E-state index contributed by atoms with van der Waals surface area (Å²) in [7, 11) is -3.40. The van der Waals surface area contributed by atoms with E-state index < -0.39 is 15.1 Å². The first-order valence-electron chi connectivity index (χ1n) is 7.33. The summed E-state index contributed by atoms with van der Waals surface area (Å²) in [5, 5.41) is 2.65. The third-order valence-electron chi connectivity index (χ3n) is 3.77. The molecule has 1 aromatic carbocycles. The van der Waals surface area contributed by atoms with E-state index in [-0.39, 0.29) is 10.9 Å². The minimum Gasteiger partial charge on any atom is -0.490 e. The molecule has 1 N–H and O–H groups in total. The van der Waals surface area contributed by atoms with Crippen molar-refractivity contribution in [3.05, 3.63) is 18.2 Å². The van der Waals surface area contributed by atoms with Gasteiger partial charge in [-0.05, 0) is 32.5 Å². The molecule has 5 nitrogen and oxygen atoms in total. The first-order valence-corrected chi connectivity index (χ1v) is 8.88. The predicted octanol–water partition coefficient (Wildman–Crippen LogP) is 2.01. The summed E-state index contributed by atoms with van der Waals surface area (Å²) in [6.07, 6.45) is 0.796. The maximum Gasteiger partial charge on any atom is 0.182 e. The average Bonchev–Trinajstić information content (AvgIpc) is 2.71. The molecule has 0 radical (unpaired) electrons. The molecule has 6 heteroatoms. The van der Waals surface area contributed by atoms with E-state index in [1.807, 2.05) is 13.8 Å². The summed E-state index contributed by atoms with van der Waals surface area (Å²) in [5.74, 6) is 1.12. The molecule has 0 bridgehead atoms. The SMILES string of the molecule is CCNC(C)C(C)S(=O)(=O)c1ccc2c(c1)OCCCO2. The van der Waals surface area contributed by atoms with Crippen LogP contribution in [0.15, 0.2) is 23.1 Å². The Balaban J connectivity index is 2.30. The number of hydrogen-bond donors (Lipinski definition) is 1. The smallest absolute Gasteiger partial charge is 0.182 e. The van der Waals surface area contributed by atoms with Gasteiger partial charge in [0.1, 0.15) is 0 Å². The van der Waals surface area contributed by atoms with Crippen LogP contribution in [0.2, 0.25) is 0 Å². The lowest BCUT2D eigenvalue weighted by molar-refractivity contribution is 0.297. The summed E-state index contributed by atoms with van der Waals surface area (Å²) in [5.41, 5.74) is 0. The van der Waals surface area contributed by atoms with Gasteiger partial charge in [-0.15, -0.1) is 0 Å². The molecule has 0 aromatic heterocycles. The molecule has 1 aromatic rings. The lowest BCUT2D eigenvalue weighted by Gasteiger charge is -2.21. The highest BCUT2D eigenvalue weighted by Gasteiger charge is 2.29. The van der Waals surface area contributed by atoms with Gasteiger partial charge in [0.2, 0.25) is 0 Å². The van der Waals surface area contributed by atoms with Gasteiger partial charge in [-0.3, -0.25) is 0 Å². The summed E-state index contributed by atoms with van der Waals surface area (Å²) in [6.45, 7) is 7.44. The van der Waals surface area contributed by atoms with Gasteiger partial charge < -0.3 is 14.8 Å². The molecule has 2 unspecified atom stereocenters. The van der Waals surface area contributed by atoms with Crippen LogP contribution in [0.3, 0.4) is 0 Å². The van der Waals surface area contributed by atoms with Crippen molar-refractivity contribution < 1.29 is 17.9 Å². The van der Waals surface area contributed by atoms with Crippen LogP contribution in [0, 0.1) is 0 Å². The van der Waals surface area contributed by atoms with E-state index in [1.54, 1.807) is 25.1 Å². The third-order valence-corrected chi connectivity index (χ3v) is 6.07. The monoisotopic (exact) mass is 313 g/mol. The Labute approximate surface area is 126 Å². The maximum absolute atomic E-state index is 12.7. The van der Waals surface area contributed by atoms with E-state index >= 15 is 0 Å². The predicted molar refractivity (Wildman–Crippen MR) is 81.8 cm³/mol. The van der Waals surface area contributed by atoms with Crippen LogP contribution < -0.4 is 14.8 Å². The quantitative estimate of drug-likeness (QED) is 0.901. The zero-order chi connectivity index (χ0) is 15.5. The van der Waals surface area contributed by atoms with Crippen LogP contribution in [0.5, 0.6) is 11.5 Å². The summed E-state index contributed by atoms with van der Waals surface area (Å²) in [6, 6.07) is 4.73. The molecule has 0 aliphatic carbocycles. The van der Waals surface area contributed by atoms with E-state index in [0.717, 1.165) is 13.0 Å². The highest BCUT2D eigenvalue weighted by molar-refractivity contribution is 7.92. The van der Waals surface area contributed by atoms with Crippen molar-refractivity contribution >= 4 is 9.84 Å². The second kappa shape index (κ2) is 6.66. The van der Waals surface area contributed by atoms with Gasteiger partial charge in [0.05, 0.1) is 23.4 Å². The molecule has 1 aliphatic heterocycles. The zero-order valence-corrected chi connectivity index (χ0v) is 13.6. The molecule has 0 amide bonds. The number of ether oxygens (including phenoxy) is 2. The molecule has 2 atom stereocenters. The van der Waals surface area contributed by atoms with Crippen LogP contribution in [-0.4, -0.2) is 39.5 Å². The van der Waals surface area contributed by atoms with E-state index in [9.17, 15) is 8.42 Å². The van der Waals surface area contributed by atoms with Crippen LogP contribution in [-0.2, 0) is 9.84 Å². The van der Waals surface area contributed by atoms with Crippen LogP contribution in [0.1, 0.15) is 27.2 Å². The fraction of sp³-hybridized carbons (Fsp3) is 0.600. The van der Waals surface area contributed by atoms with Crippen molar-refractivity contribution in [1.82, 2.24) is 5.32 Å². The number of hydrogen-bond acceptors (Lipinski definition) is 5. The molecule has 1 heterocycles. The van der Waals surface area contributed by atoms with E-state index in [0.29, 0.717) is 24.7 Å². The van der Waals surface area contributed by atoms with E-state index in [1.165, 1.54) is 0 Å². The number of rotatable bonds is 5. The first-order chi connectivity index (χ1) is 9.96. The molecule has 118 valence electrons. The summed E-state index contributed by atoms with van der Waals surface area (Å²) >= 11 is 0. The van der Waals surface area contributed by atoms with Crippen LogP contribution >= 0.6 is 0 Å². The highest BCUT2D eigenvalue weighted by atomic mass is 32.2. The van der Waals surface area contributed by atoms with E-state index in [2.05, 4.69) is 5.32 Å². The minimum absolute atomic E-state index is 0.115. The molecule has 0 spiro atoms. The second-order valence-electron chi connectivity index (χ2n) is 5.26. The first kappa shape index (κ1) is 16.1. The Morgan fingerprint density at radius 1 is 1.19 bits per heavy atom. The minimum atomic E-state index is -3.40. The number of benzene rings is 1. The van der Waals surface area contributed by atoms with Gasteiger partial charge in [-0.2, -0.15) is 0 Å². The molecule has 0 saturated heterocycles. The molecule has 1 aliphatic rings.